The summed E-state index contributed by atoms with van der Waals surface area (Å²) in [6.07, 6.45) is 1.56. The molecule has 2 unspecified atom stereocenters. The quantitative estimate of drug-likeness (QED) is 0.822. The van der Waals surface area contributed by atoms with Crippen molar-refractivity contribution >= 4 is 11.9 Å². The van der Waals surface area contributed by atoms with Crippen molar-refractivity contribution in [3.8, 4) is 0 Å². The maximum atomic E-state index is 12.0. The van der Waals surface area contributed by atoms with Crippen LogP contribution in [0.1, 0.15) is 36.8 Å². The largest absolute Gasteiger partial charge is 0.481 e. The molecule has 0 spiro atoms. The summed E-state index contributed by atoms with van der Waals surface area (Å²) < 4.78 is 0. The summed E-state index contributed by atoms with van der Waals surface area (Å²) in [5.41, 5.74) is 2.37. The molecule has 1 aliphatic carbocycles. The fraction of sp³-hybridized carbons (Fsp3) is 0.467. The van der Waals surface area contributed by atoms with E-state index in [0.717, 1.165) is 12.0 Å². The Bertz CT molecular complexity index is 484. The summed E-state index contributed by atoms with van der Waals surface area (Å²) in [4.78, 5) is 22.5. The normalized spacial score (nSPS) is 18.1. The number of fused-ring (bicyclic) bond motifs is 1. The fourth-order valence-electron chi connectivity index (χ4n) is 2.36. The molecule has 1 aliphatic rings. The third kappa shape index (κ3) is 3.34. The number of rotatable bonds is 6. The zero-order valence-electron chi connectivity index (χ0n) is 11.1. The van der Waals surface area contributed by atoms with Crippen molar-refractivity contribution < 1.29 is 14.7 Å². The number of nitrogens with one attached hydrogen (secondary N) is 1. The number of hydrogen-bond acceptors (Lipinski definition) is 2. The highest BCUT2D eigenvalue weighted by molar-refractivity contribution is 5.86. The second-order valence-corrected chi connectivity index (χ2v) is 5.24. The van der Waals surface area contributed by atoms with Gasteiger partial charge in [-0.2, -0.15) is 0 Å². The van der Waals surface area contributed by atoms with E-state index in [4.69, 9.17) is 5.11 Å². The van der Waals surface area contributed by atoms with Crippen molar-refractivity contribution in [1.82, 2.24) is 5.32 Å². The van der Waals surface area contributed by atoms with Crippen LogP contribution in [0.4, 0.5) is 0 Å². The van der Waals surface area contributed by atoms with Crippen LogP contribution in [-0.4, -0.2) is 23.5 Å². The Hall–Kier alpha value is -1.84. The molecule has 0 heterocycles. The summed E-state index contributed by atoms with van der Waals surface area (Å²) in [6.45, 7) is 2.50. The van der Waals surface area contributed by atoms with E-state index in [1.807, 2.05) is 25.1 Å². The Morgan fingerprint density at radius 2 is 2.16 bits per heavy atom. The van der Waals surface area contributed by atoms with Gasteiger partial charge in [0.15, 0.2) is 0 Å². The Morgan fingerprint density at radius 1 is 1.42 bits per heavy atom. The average Bonchev–Trinajstić information content (AvgIpc) is 2.35. The van der Waals surface area contributed by atoms with Gasteiger partial charge in [0, 0.05) is 13.0 Å². The number of carboxylic acid groups (broad SMARTS) is 1. The molecule has 1 amide bonds. The lowest BCUT2D eigenvalue weighted by molar-refractivity contribution is -0.137. The number of carboxylic acids is 1. The number of carbonyl (C=O) groups is 2. The highest BCUT2D eigenvalue weighted by atomic mass is 16.4. The zero-order valence-corrected chi connectivity index (χ0v) is 11.1. The van der Waals surface area contributed by atoms with Gasteiger partial charge in [-0.3, -0.25) is 9.59 Å². The average molecular weight is 261 g/mol. The number of aliphatic carboxylic acids is 1. The molecule has 2 N–H and O–H groups in total. The van der Waals surface area contributed by atoms with Crippen LogP contribution in [0, 0.1) is 5.92 Å². The van der Waals surface area contributed by atoms with Gasteiger partial charge in [0.25, 0.3) is 0 Å². The van der Waals surface area contributed by atoms with E-state index in [1.54, 1.807) is 0 Å². The first-order chi connectivity index (χ1) is 9.08. The van der Waals surface area contributed by atoms with Crippen molar-refractivity contribution in [2.75, 3.05) is 6.54 Å². The van der Waals surface area contributed by atoms with Crippen LogP contribution in [0.3, 0.4) is 0 Å². The van der Waals surface area contributed by atoms with Crippen LogP contribution in [0.25, 0.3) is 0 Å². The lowest BCUT2D eigenvalue weighted by Crippen LogP contribution is -2.37. The number of hydrogen-bond donors (Lipinski definition) is 2. The van der Waals surface area contributed by atoms with Gasteiger partial charge in [-0.15, -0.1) is 0 Å². The molecule has 0 saturated carbocycles. The topological polar surface area (TPSA) is 66.4 Å². The molecule has 4 heteroatoms. The second-order valence-electron chi connectivity index (χ2n) is 5.24. The van der Waals surface area contributed by atoms with Crippen molar-refractivity contribution in [3.05, 3.63) is 35.4 Å². The van der Waals surface area contributed by atoms with Gasteiger partial charge in [-0.25, -0.2) is 0 Å². The van der Waals surface area contributed by atoms with Crippen LogP contribution in [0.5, 0.6) is 0 Å². The standard InChI is InChI=1S/C15H19NO3/c1-10(6-7-14(17)18)9-16-15(19)13-8-11-4-2-3-5-12(11)13/h2-5,10,13H,6-9H2,1H3,(H,16,19)(H,17,18). The van der Waals surface area contributed by atoms with Crippen LogP contribution < -0.4 is 5.32 Å². The molecule has 0 radical (unpaired) electrons. The molecule has 0 fully saturated rings. The lowest BCUT2D eigenvalue weighted by atomic mass is 9.77. The van der Waals surface area contributed by atoms with E-state index < -0.39 is 5.97 Å². The molecule has 1 aromatic carbocycles. The van der Waals surface area contributed by atoms with Crippen LogP contribution in [0.2, 0.25) is 0 Å². The molecular weight excluding hydrogens is 242 g/mol. The summed E-state index contributed by atoms with van der Waals surface area (Å²) in [5.74, 6) is -0.565. The minimum absolute atomic E-state index is 0.0251. The Kier molecular flexibility index (Phi) is 4.20. The Morgan fingerprint density at radius 3 is 2.84 bits per heavy atom. The first-order valence-electron chi connectivity index (χ1n) is 6.65. The highest BCUT2D eigenvalue weighted by Crippen LogP contribution is 2.34. The number of amides is 1. The minimum Gasteiger partial charge on any atom is -0.481 e. The van der Waals surface area contributed by atoms with E-state index >= 15 is 0 Å². The van der Waals surface area contributed by atoms with Crippen molar-refractivity contribution in [2.45, 2.75) is 32.1 Å². The van der Waals surface area contributed by atoms with Crippen molar-refractivity contribution in [1.29, 1.82) is 0 Å². The maximum absolute atomic E-state index is 12.0. The summed E-state index contributed by atoms with van der Waals surface area (Å²) in [5, 5.41) is 11.5. The first-order valence-corrected chi connectivity index (χ1v) is 6.65. The fourth-order valence-corrected chi connectivity index (χ4v) is 2.36. The van der Waals surface area contributed by atoms with Gasteiger partial charge < -0.3 is 10.4 Å². The van der Waals surface area contributed by atoms with Gasteiger partial charge >= 0.3 is 5.97 Å². The second kappa shape index (κ2) is 5.87. The Labute approximate surface area is 112 Å². The Balaban J connectivity index is 1.76. The monoisotopic (exact) mass is 261 g/mol. The molecule has 0 bridgehead atoms. The third-order valence-electron chi connectivity index (χ3n) is 3.65. The third-order valence-corrected chi connectivity index (χ3v) is 3.65. The molecule has 1 aromatic rings. The number of carbonyl (C=O) groups excluding carboxylic acids is 1. The highest BCUT2D eigenvalue weighted by Gasteiger charge is 2.31. The van der Waals surface area contributed by atoms with Gasteiger partial charge in [-0.1, -0.05) is 31.2 Å². The van der Waals surface area contributed by atoms with Crippen molar-refractivity contribution in [2.24, 2.45) is 5.92 Å². The predicted molar refractivity (Wildman–Crippen MR) is 71.9 cm³/mol. The molecule has 0 aliphatic heterocycles. The van der Waals surface area contributed by atoms with Crippen LogP contribution in [-0.2, 0) is 16.0 Å². The van der Waals surface area contributed by atoms with E-state index in [1.165, 1.54) is 5.56 Å². The molecule has 19 heavy (non-hydrogen) atoms. The maximum Gasteiger partial charge on any atom is 0.303 e. The van der Waals surface area contributed by atoms with Crippen LogP contribution >= 0.6 is 0 Å². The van der Waals surface area contributed by atoms with Crippen molar-refractivity contribution in [3.63, 3.8) is 0 Å². The molecule has 2 rings (SSSR count). The molecule has 2 atom stereocenters. The number of benzene rings is 1. The van der Waals surface area contributed by atoms with Gasteiger partial charge in [0.2, 0.25) is 5.91 Å². The van der Waals surface area contributed by atoms with E-state index in [-0.39, 0.29) is 24.2 Å². The zero-order chi connectivity index (χ0) is 13.8. The van der Waals surface area contributed by atoms with Gasteiger partial charge in [0.05, 0.1) is 5.92 Å². The first kappa shape index (κ1) is 13.6. The predicted octanol–water partition coefficient (Wildman–Crippen LogP) is 1.94. The molecule has 0 aromatic heterocycles. The summed E-state index contributed by atoms with van der Waals surface area (Å²) >= 11 is 0. The molecular formula is C15H19NO3. The molecule has 4 nitrogen and oxygen atoms in total. The van der Waals surface area contributed by atoms with Gasteiger partial charge in [0.1, 0.15) is 0 Å². The molecule has 102 valence electrons. The van der Waals surface area contributed by atoms with Crippen LogP contribution in [0.15, 0.2) is 24.3 Å². The summed E-state index contributed by atoms with van der Waals surface area (Å²) in [7, 11) is 0. The smallest absolute Gasteiger partial charge is 0.303 e. The van der Waals surface area contributed by atoms with E-state index in [0.29, 0.717) is 13.0 Å². The molecule has 0 saturated heterocycles. The SMILES string of the molecule is CC(CCC(=O)O)CNC(=O)C1Cc2ccccc21. The van der Waals surface area contributed by atoms with E-state index in [9.17, 15) is 9.59 Å². The summed E-state index contributed by atoms with van der Waals surface area (Å²) in [6, 6.07) is 7.99. The lowest BCUT2D eigenvalue weighted by Gasteiger charge is -2.29. The van der Waals surface area contributed by atoms with Gasteiger partial charge in [-0.05, 0) is 29.9 Å². The van der Waals surface area contributed by atoms with E-state index in [2.05, 4.69) is 11.4 Å². The minimum atomic E-state index is -0.786.